The van der Waals surface area contributed by atoms with E-state index in [4.69, 9.17) is 5.26 Å². The van der Waals surface area contributed by atoms with Crippen LogP contribution in [-0.2, 0) is 0 Å². The Morgan fingerprint density at radius 1 is 1.42 bits per heavy atom. The molecule has 19 heavy (non-hydrogen) atoms. The van der Waals surface area contributed by atoms with E-state index in [0.29, 0.717) is 11.1 Å². The third-order valence-corrected chi connectivity index (χ3v) is 4.24. The van der Waals surface area contributed by atoms with Crippen molar-refractivity contribution in [1.29, 1.82) is 5.26 Å². The monoisotopic (exact) mass is 254 g/mol. The predicted molar refractivity (Wildman–Crippen MR) is 72.6 cm³/mol. The lowest BCUT2D eigenvalue weighted by molar-refractivity contribution is 0.415. The van der Waals surface area contributed by atoms with Crippen LogP contribution in [0.2, 0.25) is 0 Å². The maximum Gasteiger partial charge on any atom is 0.128 e. The fraction of sp³-hybridized carbons (Fsp3) is 0.375. The van der Waals surface area contributed by atoms with Crippen molar-refractivity contribution in [3.05, 3.63) is 46.3 Å². The standard InChI is InChI=1S/C16H15FN2/c1-16(2)6-12(13-8-19-9-14(13)16)11-4-3-10(7-18)5-15(11)17/h3-5,8,12H,6,9H2,1-2H3. The summed E-state index contributed by atoms with van der Waals surface area (Å²) in [7, 11) is 0. The van der Waals surface area contributed by atoms with Gasteiger partial charge in [0.1, 0.15) is 5.82 Å². The molecule has 0 radical (unpaired) electrons. The zero-order valence-electron chi connectivity index (χ0n) is 11.1. The third kappa shape index (κ3) is 1.79. The molecule has 1 aliphatic carbocycles. The van der Waals surface area contributed by atoms with Crippen molar-refractivity contribution in [2.24, 2.45) is 10.4 Å². The van der Waals surface area contributed by atoms with Gasteiger partial charge in [-0.2, -0.15) is 5.26 Å². The lowest BCUT2D eigenvalue weighted by Gasteiger charge is -2.22. The lowest BCUT2D eigenvalue weighted by atomic mass is 9.83. The molecule has 0 aromatic heterocycles. The van der Waals surface area contributed by atoms with Crippen LogP contribution in [0.25, 0.3) is 0 Å². The van der Waals surface area contributed by atoms with Crippen molar-refractivity contribution < 1.29 is 4.39 Å². The molecule has 1 aromatic rings. The third-order valence-electron chi connectivity index (χ3n) is 4.24. The average molecular weight is 254 g/mol. The first-order valence-electron chi connectivity index (χ1n) is 6.46. The highest BCUT2D eigenvalue weighted by atomic mass is 19.1. The summed E-state index contributed by atoms with van der Waals surface area (Å²) in [6.07, 6.45) is 2.80. The summed E-state index contributed by atoms with van der Waals surface area (Å²) < 4.78 is 14.2. The zero-order valence-corrected chi connectivity index (χ0v) is 11.1. The number of aliphatic imine (C=N–C) groups is 1. The van der Waals surface area contributed by atoms with Gasteiger partial charge >= 0.3 is 0 Å². The SMILES string of the molecule is CC1(C)CC(c2ccc(C#N)cc2F)C2=C1CN=C2. The Balaban J connectivity index is 2.05. The lowest BCUT2D eigenvalue weighted by Crippen LogP contribution is -2.13. The Morgan fingerprint density at radius 3 is 2.89 bits per heavy atom. The first kappa shape index (κ1) is 12.1. The number of allylic oxidation sites excluding steroid dienone is 1. The molecule has 1 aliphatic heterocycles. The Kier molecular flexibility index (Phi) is 2.56. The summed E-state index contributed by atoms with van der Waals surface area (Å²) in [4.78, 5) is 4.33. The van der Waals surface area contributed by atoms with E-state index < -0.39 is 0 Å². The van der Waals surface area contributed by atoms with Gasteiger partial charge in [-0.1, -0.05) is 19.9 Å². The van der Waals surface area contributed by atoms with E-state index in [2.05, 4.69) is 18.8 Å². The van der Waals surface area contributed by atoms with Crippen molar-refractivity contribution in [3.63, 3.8) is 0 Å². The molecule has 3 heteroatoms. The smallest absolute Gasteiger partial charge is 0.128 e. The molecule has 1 atom stereocenters. The number of halogens is 1. The van der Waals surface area contributed by atoms with E-state index in [0.717, 1.165) is 13.0 Å². The van der Waals surface area contributed by atoms with Crippen LogP contribution < -0.4 is 0 Å². The summed E-state index contributed by atoms with van der Waals surface area (Å²) >= 11 is 0. The Hall–Kier alpha value is -1.95. The fourth-order valence-electron chi connectivity index (χ4n) is 3.21. The van der Waals surface area contributed by atoms with Crippen molar-refractivity contribution in [3.8, 4) is 6.07 Å². The molecule has 0 saturated carbocycles. The van der Waals surface area contributed by atoms with E-state index >= 15 is 0 Å². The minimum absolute atomic E-state index is 0.0731. The first-order chi connectivity index (χ1) is 9.03. The van der Waals surface area contributed by atoms with Crippen molar-refractivity contribution in [2.45, 2.75) is 26.2 Å². The largest absolute Gasteiger partial charge is 0.288 e. The number of nitrogens with zero attached hydrogens (tertiary/aromatic N) is 2. The average Bonchev–Trinajstić information content (AvgIpc) is 2.93. The molecule has 2 nitrogen and oxygen atoms in total. The molecule has 0 fully saturated rings. The number of hydrogen-bond acceptors (Lipinski definition) is 2. The summed E-state index contributed by atoms with van der Waals surface area (Å²) in [6.45, 7) is 5.13. The molecule has 0 N–H and O–H groups in total. The second-order valence-corrected chi connectivity index (χ2v) is 5.89. The normalized spacial score (nSPS) is 23.6. The molecule has 3 rings (SSSR count). The van der Waals surface area contributed by atoms with Gasteiger partial charge in [0.05, 0.1) is 18.2 Å². The molecular formula is C16H15FN2. The van der Waals surface area contributed by atoms with Crippen molar-refractivity contribution >= 4 is 6.21 Å². The molecule has 0 saturated heterocycles. The fourth-order valence-corrected chi connectivity index (χ4v) is 3.21. The van der Waals surface area contributed by atoms with Gasteiger partial charge in [-0.15, -0.1) is 0 Å². The predicted octanol–water partition coefficient (Wildman–Crippen LogP) is 3.59. The summed E-state index contributed by atoms with van der Waals surface area (Å²) in [5.41, 5.74) is 3.64. The van der Waals surface area contributed by atoms with Gasteiger partial charge < -0.3 is 0 Å². The molecule has 0 spiro atoms. The number of benzene rings is 1. The molecule has 2 aliphatic rings. The number of rotatable bonds is 1. The topological polar surface area (TPSA) is 36.1 Å². The van der Waals surface area contributed by atoms with Crippen LogP contribution in [0, 0.1) is 22.6 Å². The zero-order chi connectivity index (χ0) is 13.6. The highest BCUT2D eigenvalue weighted by molar-refractivity contribution is 5.86. The Labute approximate surface area is 112 Å². The Bertz CT molecular complexity index is 647. The van der Waals surface area contributed by atoms with E-state index in [1.807, 2.05) is 12.3 Å². The van der Waals surface area contributed by atoms with Crippen molar-refractivity contribution in [2.75, 3.05) is 6.54 Å². The van der Waals surface area contributed by atoms with Crippen LogP contribution in [0.5, 0.6) is 0 Å². The van der Waals surface area contributed by atoms with Crippen molar-refractivity contribution in [1.82, 2.24) is 0 Å². The quantitative estimate of drug-likeness (QED) is 0.754. The first-order valence-corrected chi connectivity index (χ1v) is 6.46. The molecule has 0 amide bonds. The van der Waals surface area contributed by atoms with Crippen LogP contribution in [0.1, 0.15) is 37.3 Å². The maximum atomic E-state index is 14.2. The number of hydrogen-bond donors (Lipinski definition) is 0. The van der Waals surface area contributed by atoms with Crippen LogP contribution in [0.3, 0.4) is 0 Å². The molecule has 0 bridgehead atoms. The van der Waals surface area contributed by atoms with Gasteiger partial charge in [0, 0.05) is 12.1 Å². The molecule has 1 unspecified atom stereocenters. The van der Waals surface area contributed by atoms with Gasteiger partial charge in [0.25, 0.3) is 0 Å². The van der Waals surface area contributed by atoms with Gasteiger partial charge in [0.2, 0.25) is 0 Å². The summed E-state index contributed by atoms with van der Waals surface area (Å²) in [5.74, 6) is -0.210. The van der Waals surface area contributed by atoms with Gasteiger partial charge in [-0.25, -0.2) is 4.39 Å². The van der Waals surface area contributed by atoms with Crippen LogP contribution in [-0.4, -0.2) is 12.8 Å². The summed E-state index contributed by atoms with van der Waals surface area (Å²) in [6, 6.07) is 6.73. The summed E-state index contributed by atoms with van der Waals surface area (Å²) in [5, 5.41) is 8.80. The minimum Gasteiger partial charge on any atom is -0.288 e. The highest BCUT2D eigenvalue weighted by Crippen LogP contribution is 2.51. The molecule has 1 heterocycles. The maximum absolute atomic E-state index is 14.2. The van der Waals surface area contributed by atoms with Crippen LogP contribution in [0.15, 0.2) is 34.3 Å². The van der Waals surface area contributed by atoms with E-state index in [1.165, 1.54) is 17.2 Å². The molecule has 1 aromatic carbocycles. The van der Waals surface area contributed by atoms with Gasteiger partial charge in [0.15, 0.2) is 0 Å². The Morgan fingerprint density at radius 2 is 2.21 bits per heavy atom. The molecular weight excluding hydrogens is 239 g/mol. The minimum atomic E-state index is -0.283. The van der Waals surface area contributed by atoms with Crippen LogP contribution >= 0.6 is 0 Å². The van der Waals surface area contributed by atoms with E-state index in [9.17, 15) is 4.39 Å². The highest BCUT2D eigenvalue weighted by Gasteiger charge is 2.41. The van der Waals surface area contributed by atoms with Gasteiger partial charge in [-0.05, 0) is 40.7 Å². The second-order valence-electron chi connectivity index (χ2n) is 5.89. The number of nitriles is 1. The van der Waals surface area contributed by atoms with Crippen LogP contribution in [0.4, 0.5) is 4.39 Å². The van der Waals surface area contributed by atoms with E-state index in [-0.39, 0.29) is 17.2 Å². The van der Waals surface area contributed by atoms with Gasteiger partial charge in [-0.3, -0.25) is 4.99 Å². The van der Waals surface area contributed by atoms with E-state index in [1.54, 1.807) is 12.1 Å². The molecule has 96 valence electrons. The second kappa shape index (κ2) is 4.03.